The number of nitrogens with two attached hydrogens (primary N) is 1. The number of nitrogen functional groups attached to an aromatic ring is 1. The highest BCUT2D eigenvalue weighted by Gasteiger charge is 2.19. The molecule has 6 nitrogen and oxygen atoms in total. The Hall–Kier alpha value is -2.44. The second-order valence-electron chi connectivity index (χ2n) is 4.50. The largest absolute Gasteiger partial charge is 0.383 e. The summed E-state index contributed by atoms with van der Waals surface area (Å²) in [6.45, 7) is 0. The van der Waals surface area contributed by atoms with Crippen molar-refractivity contribution >= 4 is 45.6 Å². The molecule has 0 amide bonds. The Balaban J connectivity index is 2.38. The fourth-order valence-electron chi connectivity index (χ4n) is 2.24. The van der Waals surface area contributed by atoms with Gasteiger partial charge in [-0.2, -0.15) is 0 Å². The Morgan fingerprint density at radius 1 is 1.09 bits per heavy atom. The highest BCUT2D eigenvalue weighted by Crippen LogP contribution is 2.37. The first-order valence-corrected chi connectivity index (χ1v) is 6.87. The van der Waals surface area contributed by atoms with Crippen LogP contribution in [0.15, 0.2) is 36.7 Å². The zero-order valence-electron chi connectivity index (χ0n) is 11.0. The molecule has 1 heterocycles. The van der Waals surface area contributed by atoms with E-state index in [0.717, 1.165) is 5.56 Å². The van der Waals surface area contributed by atoms with Crippen LogP contribution < -0.4 is 5.73 Å². The maximum Gasteiger partial charge on any atom is 0.295 e. The molecule has 0 aliphatic carbocycles. The van der Waals surface area contributed by atoms with Gasteiger partial charge in [-0.1, -0.05) is 29.3 Å². The quantitative estimate of drug-likeness (QED) is 0.562. The second-order valence-corrected chi connectivity index (χ2v) is 5.32. The molecule has 3 rings (SSSR count). The van der Waals surface area contributed by atoms with Crippen molar-refractivity contribution in [2.75, 3.05) is 5.73 Å². The van der Waals surface area contributed by atoms with Crippen molar-refractivity contribution in [2.45, 2.75) is 0 Å². The maximum absolute atomic E-state index is 11.1. The molecule has 0 aliphatic heterocycles. The minimum Gasteiger partial charge on any atom is -0.383 e. The number of hydrogen-bond donors (Lipinski definition) is 1. The summed E-state index contributed by atoms with van der Waals surface area (Å²) in [5.74, 6) is 0.162. The second kappa shape index (κ2) is 5.40. The average molecular weight is 335 g/mol. The summed E-state index contributed by atoms with van der Waals surface area (Å²) < 4.78 is 0. The van der Waals surface area contributed by atoms with Crippen LogP contribution in [0.4, 0.5) is 11.5 Å². The minimum atomic E-state index is -0.507. The highest BCUT2D eigenvalue weighted by molar-refractivity contribution is 6.42. The van der Waals surface area contributed by atoms with Gasteiger partial charge in [0.1, 0.15) is 12.1 Å². The predicted octanol–water partition coefficient (Wildman–Crippen LogP) is 4.09. The van der Waals surface area contributed by atoms with E-state index in [-0.39, 0.29) is 17.0 Å². The molecule has 1 aromatic heterocycles. The van der Waals surface area contributed by atoms with Crippen molar-refractivity contribution in [3.05, 3.63) is 56.8 Å². The van der Waals surface area contributed by atoms with E-state index >= 15 is 0 Å². The Labute approximate surface area is 134 Å². The van der Waals surface area contributed by atoms with E-state index in [1.807, 2.05) is 0 Å². The number of benzene rings is 2. The third kappa shape index (κ3) is 2.32. The lowest BCUT2D eigenvalue weighted by molar-refractivity contribution is -0.383. The van der Waals surface area contributed by atoms with Crippen LogP contribution in [0.1, 0.15) is 0 Å². The van der Waals surface area contributed by atoms with Crippen molar-refractivity contribution in [3.63, 3.8) is 0 Å². The fraction of sp³-hybridized carbons (Fsp3) is 0. The molecule has 0 saturated carbocycles. The number of rotatable bonds is 2. The molecule has 0 fully saturated rings. The number of aromatic nitrogens is 2. The molecule has 0 spiro atoms. The third-order valence-electron chi connectivity index (χ3n) is 3.22. The third-order valence-corrected chi connectivity index (χ3v) is 3.96. The number of non-ortho nitro benzene ring substituents is 1. The van der Waals surface area contributed by atoms with Crippen LogP contribution in [0.5, 0.6) is 0 Å². The first-order valence-electron chi connectivity index (χ1n) is 6.12. The summed E-state index contributed by atoms with van der Waals surface area (Å²) in [4.78, 5) is 18.5. The first kappa shape index (κ1) is 14.5. The first-order chi connectivity index (χ1) is 10.5. The highest BCUT2D eigenvalue weighted by atomic mass is 35.5. The van der Waals surface area contributed by atoms with Crippen LogP contribution in [0.2, 0.25) is 10.0 Å². The summed E-state index contributed by atoms with van der Waals surface area (Å²) >= 11 is 11.9. The Bertz CT molecular complexity index is 915. The molecular weight excluding hydrogens is 327 g/mol. The van der Waals surface area contributed by atoms with Crippen LogP contribution in [-0.4, -0.2) is 14.9 Å². The normalized spacial score (nSPS) is 10.8. The molecule has 22 heavy (non-hydrogen) atoms. The zero-order valence-corrected chi connectivity index (χ0v) is 12.5. The van der Waals surface area contributed by atoms with Gasteiger partial charge in [-0.05, 0) is 29.3 Å². The average Bonchev–Trinajstić information content (AvgIpc) is 2.49. The topological polar surface area (TPSA) is 94.9 Å². The van der Waals surface area contributed by atoms with Gasteiger partial charge in [0.15, 0.2) is 5.52 Å². The lowest BCUT2D eigenvalue weighted by Gasteiger charge is -2.09. The summed E-state index contributed by atoms with van der Waals surface area (Å²) in [6, 6.07) is 8.04. The SMILES string of the molecule is Nc1ncnc2c([N+](=O)[O-])ccc(-c3ccc(Cl)c(Cl)c3)c12. The van der Waals surface area contributed by atoms with E-state index in [9.17, 15) is 10.1 Å². The molecule has 8 heteroatoms. The molecule has 2 aromatic carbocycles. The number of hydrogen-bond acceptors (Lipinski definition) is 5. The van der Waals surface area contributed by atoms with Gasteiger partial charge in [0.2, 0.25) is 0 Å². The Morgan fingerprint density at radius 3 is 2.55 bits per heavy atom. The molecule has 110 valence electrons. The van der Waals surface area contributed by atoms with Crippen molar-refractivity contribution in [2.24, 2.45) is 0 Å². The summed E-state index contributed by atoms with van der Waals surface area (Å²) in [7, 11) is 0. The van der Waals surface area contributed by atoms with Crippen LogP contribution in [0, 0.1) is 10.1 Å². The number of nitro benzene ring substituents is 1. The molecule has 2 N–H and O–H groups in total. The molecular formula is C14H8Cl2N4O2. The van der Waals surface area contributed by atoms with Crippen molar-refractivity contribution in [3.8, 4) is 11.1 Å². The van der Waals surface area contributed by atoms with E-state index in [1.165, 1.54) is 12.4 Å². The summed E-state index contributed by atoms with van der Waals surface area (Å²) in [5.41, 5.74) is 7.32. The zero-order chi connectivity index (χ0) is 15.9. The number of nitrogens with zero attached hydrogens (tertiary/aromatic N) is 3. The van der Waals surface area contributed by atoms with E-state index < -0.39 is 4.92 Å². The van der Waals surface area contributed by atoms with E-state index in [4.69, 9.17) is 28.9 Å². The van der Waals surface area contributed by atoms with E-state index in [1.54, 1.807) is 24.3 Å². The molecule has 0 saturated heterocycles. The lowest BCUT2D eigenvalue weighted by Crippen LogP contribution is -1.99. The van der Waals surface area contributed by atoms with Gasteiger partial charge in [0, 0.05) is 6.07 Å². The van der Waals surface area contributed by atoms with Crippen molar-refractivity contribution in [1.82, 2.24) is 9.97 Å². The molecule has 0 aliphatic rings. The maximum atomic E-state index is 11.1. The van der Waals surface area contributed by atoms with Gasteiger partial charge in [0.25, 0.3) is 5.69 Å². The molecule has 0 atom stereocenters. The van der Waals surface area contributed by atoms with Gasteiger partial charge in [-0.25, -0.2) is 9.97 Å². The van der Waals surface area contributed by atoms with E-state index in [2.05, 4.69) is 9.97 Å². The van der Waals surface area contributed by atoms with Gasteiger partial charge >= 0.3 is 0 Å². The summed E-state index contributed by atoms with van der Waals surface area (Å²) in [6.07, 6.45) is 1.20. The number of anilines is 1. The van der Waals surface area contributed by atoms with Crippen molar-refractivity contribution in [1.29, 1.82) is 0 Å². The van der Waals surface area contributed by atoms with Crippen molar-refractivity contribution < 1.29 is 4.92 Å². The van der Waals surface area contributed by atoms with Crippen LogP contribution in [-0.2, 0) is 0 Å². The van der Waals surface area contributed by atoms with Crippen LogP contribution in [0.3, 0.4) is 0 Å². The lowest BCUT2D eigenvalue weighted by atomic mass is 10.00. The van der Waals surface area contributed by atoms with Crippen LogP contribution in [0.25, 0.3) is 22.0 Å². The molecule has 3 aromatic rings. The fourth-order valence-corrected chi connectivity index (χ4v) is 2.53. The summed E-state index contributed by atoms with van der Waals surface area (Å²) in [5, 5.41) is 12.3. The van der Waals surface area contributed by atoms with Gasteiger partial charge in [-0.3, -0.25) is 10.1 Å². The van der Waals surface area contributed by atoms with Gasteiger partial charge in [0.05, 0.1) is 20.4 Å². The Kier molecular flexibility index (Phi) is 3.56. The smallest absolute Gasteiger partial charge is 0.295 e. The minimum absolute atomic E-state index is 0.132. The van der Waals surface area contributed by atoms with Crippen LogP contribution >= 0.6 is 23.2 Å². The number of halogens is 2. The number of nitro groups is 1. The van der Waals surface area contributed by atoms with E-state index in [0.29, 0.717) is 21.0 Å². The standard InChI is InChI=1S/C14H8Cl2N4O2/c15-9-3-1-7(5-10(9)16)8-2-4-11(20(21)22)13-12(8)14(17)19-6-18-13/h1-6H,(H2,17,18,19). The Morgan fingerprint density at radius 2 is 1.86 bits per heavy atom. The monoisotopic (exact) mass is 334 g/mol. The van der Waals surface area contributed by atoms with Gasteiger partial charge in [-0.15, -0.1) is 0 Å². The molecule has 0 unspecified atom stereocenters. The predicted molar refractivity (Wildman–Crippen MR) is 86.1 cm³/mol. The molecule has 0 radical (unpaired) electrons. The molecule has 0 bridgehead atoms. The number of fused-ring (bicyclic) bond motifs is 1. The van der Waals surface area contributed by atoms with Gasteiger partial charge < -0.3 is 5.73 Å².